The Hall–Kier alpha value is -0.460. The smallest absolute Gasteiger partial charge is 0.0248 e. The van der Waals surface area contributed by atoms with E-state index in [2.05, 4.69) is 88.7 Å². The zero-order valence-electron chi connectivity index (χ0n) is 15.5. The van der Waals surface area contributed by atoms with Crippen molar-refractivity contribution in [2.24, 2.45) is 0 Å². The van der Waals surface area contributed by atoms with Crippen LogP contribution in [0.2, 0.25) is 0 Å². The van der Waals surface area contributed by atoms with Crippen LogP contribution in [0.15, 0.2) is 28.7 Å². The lowest BCUT2D eigenvalue weighted by Gasteiger charge is -2.37. The highest BCUT2D eigenvalue weighted by molar-refractivity contribution is 9.10. The molecule has 2 heterocycles. The van der Waals surface area contributed by atoms with E-state index in [1.165, 1.54) is 10.0 Å². The van der Waals surface area contributed by atoms with Crippen molar-refractivity contribution in [3.05, 3.63) is 34.3 Å². The van der Waals surface area contributed by atoms with E-state index in [9.17, 15) is 0 Å². The summed E-state index contributed by atoms with van der Waals surface area (Å²) < 4.78 is 1.22. The van der Waals surface area contributed by atoms with E-state index in [0.29, 0.717) is 24.2 Å². The van der Waals surface area contributed by atoms with Crippen molar-refractivity contribution in [3.8, 4) is 0 Å². The molecule has 2 fully saturated rings. The number of rotatable bonds is 2. The normalized spacial score (nSPS) is 31.2. The van der Waals surface area contributed by atoms with E-state index in [4.69, 9.17) is 0 Å². The van der Waals surface area contributed by atoms with Crippen molar-refractivity contribution in [2.75, 3.05) is 26.2 Å². The highest BCUT2D eigenvalue weighted by atomic mass is 79.9. The van der Waals surface area contributed by atoms with E-state index < -0.39 is 0 Å². The standard InChI is InChI=1S/C13H19BrN2.C6H14N2/c1-10-8-16(11(2)7-15-10)9-12-5-3-4-6-13(12)14;1-5-3-8-6(2)4-7-5/h3-6,10-11,15H,7-9H2,1-2H3;5-8H,3-4H2,1-2H3. The zero-order chi connectivity index (χ0) is 17.5. The van der Waals surface area contributed by atoms with Gasteiger partial charge in [0.25, 0.3) is 0 Å². The van der Waals surface area contributed by atoms with Crippen LogP contribution in [-0.4, -0.2) is 55.2 Å². The van der Waals surface area contributed by atoms with Gasteiger partial charge in [-0.25, -0.2) is 0 Å². The molecule has 2 aliphatic heterocycles. The first-order chi connectivity index (χ1) is 11.5. The van der Waals surface area contributed by atoms with Gasteiger partial charge in [-0.1, -0.05) is 34.1 Å². The van der Waals surface area contributed by atoms with Gasteiger partial charge in [0.15, 0.2) is 0 Å². The lowest BCUT2D eigenvalue weighted by molar-refractivity contribution is 0.138. The van der Waals surface area contributed by atoms with Crippen molar-refractivity contribution < 1.29 is 0 Å². The number of piperazine rings is 2. The summed E-state index contributed by atoms with van der Waals surface area (Å²) in [4.78, 5) is 2.54. The maximum atomic E-state index is 3.62. The van der Waals surface area contributed by atoms with Gasteiger partial charge in [-0.3, -0.25) is 4.90 Å². The zero-order valence-corrected chi connectivity index (χ0v) is 17.1. The van der Waals surface area contributed by atoms with Gasteiger partial charge in [0, 0.05) is 61.4 Å². The summed E-state index contributed by atoms with van der Waals surface area (Å²) in [6, 6.07) is 11.0. The Labute approximate surface area is 155 Å². The molecular formula is C19H33BrN4. The first kappa shape index (κ1) is 19.9. The summed E-state index contributed by atoms with van der Waals surface area (Å²) in [5.41, 5.74) is 1.38. The van der Waals surface area contributed by atoms with Gasteiger partial charge in [0.1, 0.15) is 0 Å². The summed E-state index contributed by atoms with van der Waals surface area (Å²) in [5, 5.41) is 10.2. The van der Waals surface area contributed by atoms with E-state index in [0.717, 1.165) is 32.7 Å². The predicted octanol–water partition coefficient (Wildman–Crippen LogP) is 2.59. The third-order valence-electron chi connectivity index (χ3n) is 4.77. The monoisotopic (exact) mass is 396 g/mol. The predicted molar refractivity (Wildman–Crippen MR) is 106 cm³/mol. The fraction of sp³-hybridized carbons (Fsp3) is 0.684. The maximum absolute atomic E-state index is 3.62. The largest absolute Gasteiger partial charge is 0.311 e. The number of halogens is 1. The highest BCUT2D eigenvalue weighted by Crippen LogP contribution is 2.20. The van der Waals surface area contributed by atoms with E-state index in [1.54, 1.807) is 0 Å². The second-order valence-electron chi connectivity index (χ2n) is 7.30. The van der Waals surface area contributed by atoms with Crippen molar-refractivity contribution in [1.29, 1.82) is 0 Å². The third-order valence-corrected chi connectivity index (χ3v) is 5.54. The van der Waals surface area contributed by atoms with Crippen molar-refractivity contribution in [2.45, 2.75) is 58.4 Å². The van der Waals surface area contributed by atoms with Crippen LogP contribution in [0.4, 0.5) is 0 Å². The minimum Gasteiger partial charge on any atom is -0.311 e. The molecule has 4 nitrogen and oxygen atoms in total. The average molecular weight is 397 g/mol. The molecule has 3 N–H and O–H groups in total. The molecule has 0 bridgehead atoms. The summed E-state index contributed by atoms with van der Waals surface area (Å²) in [7, 11) is 0. The quantitative estimate of drug-likeness (QED) is 0.718. The Morgan fingerprint density at radius 3 is 2.08 bits per heavy atom. The number of nitrogens with one attached hydrogen (secondary N) is 3. The Bertz CT molecular complexity index is 478. The van der Waals surface area contributed by atoms with Gasteiger partial charge in [-0.15, -0.1) is 0 Å². The molecule has 2 saturated heterocycles. The molecule has 24 heavy (non-hydrogen) atoms. The second kappa shape index (κ2) is 9.88. The Morgan fingerprint density at radius 2 is 1.50 bits per heavy atom. The minimum atomic E-state index is 0.596. The van der Waals surface area contributed by atoms with Gasteiger partial charge >= 0.3 is 0 Å². The van der Waals surface area contributed by atoms with Crippen molar-refractivity contribution in [1.82, 2.24) is 20.9 Å². The number of nitrogens with zero attached hydrogens (tertiary/aromatic N) is 1. The van der Waals surface area contributed by atoms with Gasteiger partial charge in [-0.2, -0.15) is 0 Å². The molecular weight excluding hydrogens is 364 g/mol. The van der Waals surface area contributed by atoms with Crippen LogP contribution in [0.25, 0.3) is 0 Å². The molecule has 5 heteroatoms. The number of hydrogen-bond acceptors (Lipinski definition) is 4. The molecule has 136 valence electrons. The summed E-state index contributed by atoms with van der Waals surface area (Å²) >= 11 is 3.62. The number of benzene rings is 1. The Kier molecular flexibility index (Phi) is 8.17. The van der Waals surface area contributed by atoms with Crippen LogP contribution in [0.5, 0.6) is 0 Å². The second-order valence-corrected chi connectivity index (χ2v) is 8.15. The first-order valence-electron chi connectivity index (χ1n) is 9.13. The van der Waals surface area contributed by atoms with Gasteiger partial charge in [-0.05, 0) is 39.3 Å². The molecule has 2 aliphatic rings. The van der Waals surface area contributed by atoms with Crippen LogP contribution in [-0.2, 0) is 6.54 Å². The summed E-state index contributed by atoms with van der Waals surface area (Å²) in [6.45, 7) is 14.4. The molecule has 0 radical (unpaired) electrons. The molecule has 0 spiro atoms. The van der Waals surface area contributed by atoms with E-state index >= 15 is 0 Å². The fourth-order valence-electron chi connectivity index (χ4n) is 3.06. The van der Waals surface area contributed by atoms with Crippen LogP contribution < -0.4 is 16.0 Å². The average Bonchev–Trinajstić information content (AvgIpc) is 2.56. The van der Waals surface area contributed by atoms with Crippen molar-refractivity contribution in [3.63, 3.8) is 0 Å². The van der Waals surface area contributed by atoms with E-state index in [1.807, 2.05) is 0 Å². The molecule has 3 rings (SSSR count). The van der Waals surface area contributed by atoms with Crippen LogP contribution >= 0.6 is 15.9 Å². The highest BCUT2D eigenvalue weighted by Gasteiger charge is 2.22. The molecule has 4 atom stereocenters. The lowest BCUT2D eigenvalue weighted by atomic mass is 10.1. The van der Waals surface area contributed by atoms with Crippen molar-refractivity contribution >= 4 is 15.9 Å². The minimum absolute atomic E-state index is 0.596. The van der Waals surface area contributed by atoms with Gasteiger partial charge < -0.3 is 16.0 Å². The van der Waals surface area contributed by atoms with Crippen LogP contribution in [0, 0.1) is 0 Å². The maximum Gasteiger partial charge on any atom is 0.0248 e. The summed E-state index contributed by atoms with van der Waals surface area (Å²) in [5.74, 6) is 0. The van der Waals surface area contributed by atoms with Gasteiger partial charge in [0.2, 0.25) is 0 Å². The molecule has 0 amide bonds. The topological polar surface area (TPSA) is 39.3 Å². The van der Waals surface area contributed by atoms with Crippen LogP contribution in [0.1, 0.15) is 33.3 Å². The number of hydrogen-bond donors (Lipinski definition) is 3. The molecule has 0 aliphatic carbocycles. The van der Waals surface area contributed by atoms with Crippen LogP contribution in [0.3, 0.4) is 0 Å². The molecule has 1 aromatic rings. The third kappa shape index (κ3) is 6.45. The SMILES string of the molecule is CC1CN(Cc2ccccc2Br)C(C)CN1.CC1CNC(C)CN1. The lowest BCUT2D eigenvalue weighted by Crippen LogP contribution is -2.53. The molecule has 1 aromatic carbocycles. The summed E-state index contributed by atoms with van der Waals surface area (Å²) in [6.07, 6.45) is 0. The molecule has 0 aromatic heterocycles. The first-order valence-corrected chi connectivity index (χ1v) is 9.92. The Balaban J connectivity index is 0.000000219. The molecule has 0 saturated carbocycles. The molecule has 4 unspecified atom stereocenters. The Morgan fingerprint density at radius 1 is 0.917 bits per heavy atom. The van der Waals surface area contributed by atoms with E-state index in [-0.39, 0.29) is 0 Å². The van der Waals surface area contributed by atoms with Gasteiger partial charge in [0.05, 0.1) is 0 Å². The fourth-order valence-corrected chi connectivity index (χ4v) is 3.47.